The molecule has 6 heteroatoms. The molecule has 1 aromatic heterocycles. The maximum atomic E-state index is 12.7. The summed E-state index contributed by atoms with van der Waals surface area (Å²) in [5, 5.41) is 13.7. The van der Waals surface area contributed by atoms with Gasteiger partial charge in [0.2, 0.25) is 0 Å². The molecule has 23 heavy (non-hydrogen) atoms. The van der Waals surface area contributed by atoms with Gasteiger partial charge in [0.1, 0.15) is 0 Å². The average molecular weight is 313 g/mol. The van der Waals surface area contributed by atoms with Gasteiger partial charge in [-0.1, -0.05) is 18.2 Å². The third-order valence-corrected chi connectivity index (χ3v) is 4.29. The number of hydrogen-bond donors (Lipinski definition) is 1. The Labute approximate surface area is 134 Å². The highest BCUT2D eigenvalue weighted by Gasteiger charge is 2.37. The van der Waals surface area contributed by atoms with E-state index in [1.807, 2.05) is 19.9 Å². The van der Waals surface area contributed by atoms with Crippen molar-refractivity contribution in [1.82, 2.24) is 14.7 Å². The Morgan fingerprint density at radius 3 is 2.48 bits per heavy atom. The number of aromatic nitrogens is 2. The maximum absolute atomic E-state index is 12.7. The minimum Gasteiger partial charge on any atom is -0.477 e. The van der Waals surface area contributed by atoms with Crippen LogP contribution in [0.15, 0.2) is 36.4 Å². The molecule has 1 saturated heterocycles. The topological polar surface area (TPSA) is 75.4 Å². The molecule has 0 saturated carbocycles. The van der Waals surface area contributed by atoms with Crippen LogP contribution in [0.4, 0.5) is 0 Å². The van der Waals surface area contributed by atoms with Gasteiger partial charge < -0.3 is 10.0 Å². The molecule has 1 aliphatic heterocycles. The molecule has 1 fully saturated rings. The zero-order valence-corrected chi connectivity index (χ0v) is 13.2. The van der Waals surface area contributed by atoms with Gasteiger partial charge in [-0.3, -0.25) is 4.79 Å². The van der Waals surface area contributed by atoms with E-state index in [-0.39, 0.29) is 22.8 Å². The number of para-hydroxylation sites is 1. The lowest BCUT2D eigenvalue weighted by Crippen LogP contribution is -2.42. The number of aromatic carboxylic acids is 1. The van der Waals surface area contributed by atoms with Crippen LogP contribution in [-0.2, 0) is 0 Å². The predicted octanol–water partition coefficient (Wildman–Crippen LogP) is 2.59. The molecule has 0 unspecified atom stereocenters. The Hall–Kier alpha value is -2.63. The van der Waals surface area contributed by atoms with Gasteiger partial charge in [0.15, 0.2) is 11.4 Å². The molecular weight excluding hydrogens is 294 g/mol. The van der Waals surface area contributed by atoms with Crippen LogP contribution in [0.25, 0.3) is 5.69 Å². The second kappa shape index (κ2) is 5.53. The summed E-state index contributed by atoms with van der Waals surface area (Å²) in [7, 11) is 0. The lowest BCUT2D eigenvalue weighted by Gasteiger charge is -2.30. The number of amides is 1. The van der Waals surface area contributed by atoms with Crippen molar-refractivity contribution in [1.29, 1.82) is 0 Å². The van der Waals surface area contributed by atoms with Crippen LogP contribution in [0.3, 0.4) is 0 Å². The van der Waals surface area contributed by atoms with Gasteiger partial charge in [0.25, 0.3) is 5.91 Å². The smallest absolute Gasteiger partial charge is 0.354 e. The van der Waals surface area contributed by atoms with Crippen molar-refractivity contribution < 1.29 is 14.7 Å². The van der Waals surface area contributed by atoms with Crippen LogP contribution in [0.2, 0.25) is 0 Å². The molecule has 0 aliphatic carbocycles. The van der Waals surface area contributed by atoms with Crippen LogP contribution in [-0.4, -0.2) is 43.7 Å². The van der Waals surface area contributed by atoms with Crippen LogP contribution in [0.1, 0.15) is 47.7 Å². The minimum absolute atomic E-state index is 0.0171. The molecule has 1 aromatic carbocycles. The molecule has 3 rings (SSSR count). The number of nitrogens with zero attached hydrogens (tertiary/aromatic N) is 3. The van der Waals surface area contributed by atoms with E-state index < -0.39 is 5.97 Å². The van der Waals surface area contributed by atoms with Crippen molar-refractivity contribution in [3.63, 3.8) is 0 Å². The van der Waals surface area contributed by atoms with E-state index in [0.29, 0.717) is 12.2 Å². The number of likely N-dealkylation sites (tertiary alicyclic amines) is 1. The number of hydrogen-bond acceptors (Lipinski definition) is 3. The molecule has 120 valence electrons. The maximum Gasteiger partial charge on any atom is 0.354 e. The van der Waals surface area contributed by atoms with E-state index in [0.717, 1.165) is 12.8 Å². The van der Waals surface area contributed by atoms with Crippen molar-refractivity contribution in [2.24, 2.45) is 0 Å². The Bertz CT molecular complexity index is 750. The molecule has 0 bridgehead atoms. The summed E-state index contributed by atoms with van der Waals surface area (Å²) < 4.78 is 1.30. The second-order valence-corrected chi connectivity index (χ2v) is 6.34. The number of carboxylic acid groups (broad SMARTS) is 1. The summed E-state index contributed by atoms with van der Waals surface area (Å²) in [6.07, 6.45) is 1.88. The van der Waals surface area contributed by atoms with Crippen molar-refractivity contribution in [2.45, 2.75) is 32.2 Å². The third kappa shape index (κ3) is 2.72. The van der Waals surface area contributed by atoms with Crippen LogP contribution in [0, 0.1) is 0 Å². The minimum atomic E-state index is -1.11. The molecule has 0 radical (unpaired) electrons. The average Bonchev–Trinajstić information content (AvgIpc) is 3.11. The molecule has 0 atom stereocenters. The first-order valence-electron chi connectivity index (χ1n) is 7.61. The van der Waals surface area contributed by atoms with E-state index in [9.17, 15) is 14.7 Å². The summed E-state index contributed by atoms with van der Waals surface area (Å²) in [5.41, 5.74) is 0.541. The fourth-order valence-electron chi connectivity index (χ4n) is 3.03. The van der Waals surface area contributed by atoms with E-state index >= 15 is 0 Å². The number of carbonyl (C=O) groups excluding carboxylic acids is 1. The summed E-state index contributed by atoms with van der Waals surface area (Å²) in [6.45, 7) is 4.71. The zero-order valence-electron chi connectivity index (χ0n) is 13.2. The number of benzene rings is 1. The molecule has 2 heterocycles. The van der Waals surface area contributed by atoms with Crippen molar-refractivity contribution in [2.75, 3.05) is 6.54 Å². The van der Waals surface area contributed by atoms with Gasteiger partial charge >= 0.3 is 5.97 Å². The fourth-order valence-corrected chi connectivity index (χ4v) is 3.03. The van der Waals surface area contributed by atoms with Crippen LogP contribution < -0.4 is 0 Å². The zero-order chi connectivity index (χ0) is 16.6. The second-order valence-electron chi connectivity index (χ2n) is 6.34. The van der Waals surface area contributed by atoms with Crippen molar-refractivity contribution >= 4 is 11.9 Å². The van der Waals surface area contributed by atoms with Crippen LogP contribution in [0.5, 0.6) is 0 Å². The number of rotatable bonds is 3. The van der Waals surface area contributed by atoms with E-state index in [1.54, 1.807) is 29.2 Å². The molecule has 1 N–H and O–H groups in total. The highest BCUT2D eigenvalue weighted by Crippen LogP contribution is 2.29. The lowest BCUT2D eigenvalue weighted by atomic mass is 10.0. The van der Waals surface area contributed by atoms with E-state index in [4.69, 9.17) is 0 Å². The monoisotopic (exact) mass is 313 g/mol. The van der Waals surface area contributed by atoms with Gasteiger partial charge in [-0.05, 0) is 38.8 Å². The Morgan fingerprint density at radius 2 is 1.91 bits per heavy atom. The van der Waals surface area contributed by atoms with Gasteiger partial charge in [-0.15, -0.1) is 0 Å². The molecule has 0 spiro atoms. The lowest BCUT2D eigenvalue weighted by molar-refractivity contribution is 0.0644. The molecule has 2 aromatic rings. The summed E-state index contributed by atoms with van der Waals surface area (Å²) in [4.78, 5) is 26.0. The number of carboxylic acids is 1. The highest BCUT2D eigenvalue weighted by molar-refractivity contribution is 5.96. The van der Waals surface area contributed by atoms with Gasteiger partial charge in [-0.25, -0.2) is 9.48 Å². The Balaban J connectivity index is 2.02. The van der Waals surface area contributed by atoms with Crippen molar-refractivity contribution in [3.8, 4) is 5.69 Å². The molecule has 6 nitrogen and oxygen atoms in total. The summed E-state index contributed by atoms with van der Waals surface area (Å²) in [6, 6.07) is 10.3. The summed E-state index contributed by atoms with van der Waals surface area (Å²) >= 11 is 0. The highest BCUT2D eigenvalue weighted by atomic mass is 16.4. The third-order valence-electron chi connectivity index (χ3n) is 4.29. The standard InChI is InChI=1S/C17H19N3O3/c1-17(2)9-6-10-19(17)15(21)13-11-14(16(22)23)20(18-13)12-7-4-3-5-8-12/h3-5,7-8,11H,6,9-10H2,1-2H3,(H,22,23). The van der Waals surface area contributed by atoms with Crippen LogP contribution >= 0.6 is 0 Å². The normalized spacial score (nSPS) is 16.5. The fraction of sp³-hybridized carbons (Fsp3) is 0.353. The molecular formula is C17H19N3O3. The van der Waals surface area contributed by atoms with Gasteiger partial charge in [0, 0.05) is 18.2 Å². The van der Waals surface area contributed by atoms with Gasteiger partial charge in [0.05, 0.1) is 5.69 Å². The molecule has 1 amide bonds. The largest absolute Gasteiger partial charge is 0.477 e. The van der Waals surface area contributed by atoms with E-state index in [2.05, 4.69) is 5.10 Å². The predicted molar refractivity (Wildman–Crippen MR) is 84.9 cm³/mol. The SMILES string of the molecule is CC1(C)CCCN1C(=O)c1cc(C(=O)O)n(-c2ccccc2)n1. The first-order chi connectivity index (χ1) is 10.9. The summed E-state index contributed by atoms with van der Waals surface area (Å²) in [5.74, 6) is -1.33. The Morgan fingerprint density at radius 1 is 1.22 bits per heavy atom. The first kappa shape index (κ1) is 15.3. The van der Waals surface area contributed by atoms with E-state index in [1.165, 1.54) is 10.7 Å². The van der Waals surface area contributed by atoms with Crippen molar-refractivity contribution in [3.05, 3.63) is 47.8 Å². The molecule has 1 aliphatic rings. The quantitative estimate of drug-likeness (QED) is 0.945. The van der Waals surface area contributed by atoms with Gasteiger partial charge in [-0.2, -0.15) is 5.10 Å². The number of carbonyl (C=O) groups is 2. The first-order valence-corrected chi connectivity index (χ1v) is 7.61. The Kier molecular flexibility index (Phi) is 3.67.